The second-order valence-corrected chi connectivity index (χ2v) is 5.54. The summed E-state index contributed by atoms with van der Waals surface area (Å²) in [6.45, 7) is 4.17. The molecule has 0 fully saturated rings. The molecule has 1 unspecified atom stereocenters. The van der Waals surface area contributed by atoms with Crippen LogP contribution in [0.15, 0.2) is 12.4 Å². The number of hydrogen-bond acceptors (Lipinski definition) is 6. The van der Waals surface area contributed by atoms with E-state index in [0.29, 0.717) is 27.5 Å². The van der Waals surface area contributed by atoms with Crippen molar-refractivity contribution in [1.82, 2.24) is 20.6 Å². The van der Waals surface area contributed by atoms with E-state index in [1.54, 1.807) is 13.1 Å². The molecular formula is C13H17N5O2S. The fourth-order valence-electron chi connectivity index (χ4n) is 1.74. The molecule has 4 N–H and O–H groups in total. The molecular weight excluding hydrogens is 290 g/mol. The van der Waals surface area contributed by atoms with E-state index in [4.69, 9.17) is 5.73 Å². The second kappa shape index (κ2) is 6.49. The highest BCUT2D eigenvalue weighted by atomic mass is 32.1. The van der Waals surface area contributed by atoms with Crippen LogP contribution < -0.4 is 16.4 Å². The van der Waals surface area contributed by atoms with Crippen molar-refractivity contribution in [2.24, 2.45) is 0 Å². The van der Waals surface area contributed by atoms with Crippen LogP contribution in [0.1, 0.15) is 29.9 Å². The summed E-state index contributed by atoms with van der Waals surface area (Å²) < 4.78 is 0. The van der Waals surface area contributed by atoms with Gasteiger partial charge in [-0.1, -0.05) is 6.92 Å². The molecule has 2 aromatic rings. The number of thiophene rings is 1. The number of hydrogen-bond donors (Lipinski definition) is 3. The van der Waals surface area contributed by atoms with Crippen molar-refractivity contribution in [3.05, 3.63) is 17.3 Å². The Labute approximate surface area is 126 Å². The van der Waals surface area contributed by atoms with E-state index in [1.807, 2.05) is 6.92 Å². The van der Waals surface area contributed by atoms with E-state index in [0.717, 1.165) is 17.8 Å². The van der Waals surface area contributed by atoms with Crippen LogP contribution >= 0.6 is 11.3 Å². The van der Waals surface area contributed by atoms with Crippen LogP contribution in [0.3, 0.4) is 0 Å². The van der Waals surface area contributed by atoms with Crippen LogP contribution in [0.4, 0.5) is 5.69 Å². The highest BCUT2D eigenvalue weighted by Gasteiger charge is 2.21. The van der Waals surface area contributed by atoms with Gasteiger partial charge in [-0.05, 0) is 13.3 Å². The van der Waals surface area contributed by atoms with Crippen molar-refractivity contribution in [3.8, 4) is 0 Å². The SMILES string of the molecule is CCCNC(=O)C(C)NC(=O)c1sc2nccnc2c1N. The molecule has 2 aromatic heterocycles. The van der Waals surface area contributed by atoms with Crippen molar-refractivity contribution in [3.63, 3.8) is 0 Å². The van der Waals surface area contributed by atoms with Gasteiger partial charge in [0.05, 0.1) is 5.69 Å². The van der Waals surface area contributed by atoms with E-state index in [1.165, 1.54) is 6.20 Å². The molecule has 0 aliphatic carbocycles. The fraction of sp³-hybridized carbons (Fsp3) is 0.385. The Morgan fingerprint density at radius 1 is 1.38 bits per heavy atom. The van der Waals surface area contributed by atoms with E-state index >= 15 is 0 Å². The number of carbonyl (C=O) groups excluding carboxylic acids is 2. The van der Waals surface area contributed by atoms with Gasteiger partial charge in [0.1, 0.15) is 21.3 Å². The van der Waals surface area contributed by atoms with Gasteiger partial charge in [0.25, 0.3) is 5.91 Å². The van der Waals surface area contributed by atoms with Gasteiger partial charge in [0, 0.05) is 18.9 Å². The minimum atomic E-state index is -0.630. The largest absolute Gasteiger partial charge is 0.396 e. The normalized spacial score (nSPS) is 12.1. The molecule has 2 amide bonds. The number of fused-ring (bicyclic) bond motifs is 1. The lowest BCUT2D eigenvalue weighted by Gasteiger charge is -2.13. The maximum absolute atomic E-state index is 12.2. The third-order valence-corrected chi connectivity index (χ3v) is 3.96. The first-order chi connectivity index (χ1) is 10.0. The summed E-state index contributed by atoms with van der Waals surface area (Å²) >= 11 is 1.16. The fourth-order valence-corrected chi connectivity index (χ4v) is 2.67. The maximum atomic E-state index is 12.2. The van der Waals surface area contributed by atoms with E-state index in [9.17, 15) is 9.59 Å². The van der Waals surface area contributed by atoms with E-state index < -0.39 is 11.9 Å². The lowest BCUT2D eigenvalue weighted by Crippen LogP contribution is -2.44. The topological polar surface area (TPSA) is 110 Å². The predicted molar refractivity (Wildman–Crippen MR) is 82.1 cm³/mol. The number of nitrogen functional groups attached to an aromatic ring is 1. The molecule has 2 rings (SSSR count). The summed E-state index contributed by atoms with van der Waals surface area (Å²) in [5.74, 6) is -0.613. The lowest BCUT2D eigenvalue weighted by molar-refractivity contribution is -0.122. The molecule has 21 heavy (non-hydrogen) atoms. The van der Waals surface area contributed by atoms with Gasteiger partial charge in [0.2, 0.25) is 5.91 Å². The highest BCUT2D eigenvalue weighted by molar-refractivity contribution is 7.21. The Bertz CT molecular complexity index is 670. The van der Waals surface area contributed by atoms with Gasteiger partial charge in [-0.3, -0.25) is 9.59 Å². The van der Waals surface area contributed by atoms with Crippen molar-refractivity contribution in [2.45, 2.75) is 26.3 Å². The molecule has 0 aromatic carbocycles. The minimum absolute atomic E-state index is 0.221. The molecule has 0 aliphatic heterocycles. The summed E-state index contributed by atoms with van der Waals surface area (Å²) in [5.41, 5.74) is 6.72. The van der Waals surface area contributed by atoms with Gasteiger partial charge < -0.3 is 16.4 Å². The molecule has 112 valence electrons. The van der Waals surface area contributed by atoms with E-state index in [-0.39, 0.29) is 5.91 Å². The Balaban J connectivity index is 2.12. The number of nitrogens with one attached hydrogen (secondary N) is 2. The molecule has 1 atom stereocenters. The van der Waals surface area contributed by atoms with Crippen LogP contribution in [0.5, 0.6) is 0 Å². The number of nitrogens with zero attached hydrogens (tertiary/aromatic N) is 2. The third-order valence-electron chi connectivity index (χ3n) is 2.86. The average Bonchev–Trinajstić information content (AvgIpc) is 2.82. The van der Waals surface area contributed by atoms with Gasteiger partial charge >= 0.3 is 0 Å². The van der Waals surface area contributed by atoms with Crippen molar-refractivity contribution < 1.29 is 9.59 Å². The zero-order valence-electron chi connectivity index (χ0n) is 11.8. The summed E-state index contributed by atoms with van der Waals surface area (Å²) in [7, 11) is 0. The lowest BCUT2D eigenvalue weighted by atomic mass is 10.2. The highest BCUT2D eigenvalue weighted by Crippen LogP contribution is 2.30. The monoisotopic (exact) mass is 307 g/mol. The number of carbonyl (C=O) groups is 2. The van der Waals surface area contributed by atoms with Crippen LogP contribution in [-0.4, -0.2) is 34.4 Å². The number of amides is 2. The molecule has 0 spiro atoms. The van der Waals surface area contributed by atoms with Gasteiger partial charge in [-0.15, -0.1) is 11.3 Å². The Kier molecular flexibility index (Phi) is 4.69. The molecule has 2 heterocycles. The summed E-state index contributed by atoms with van der Waals surface area (Å²) in [4.78, 5) is 33.1. The molecule has 0 saturated carbocycles. The van der Waals surface area contributed by atoms with Crippen molar-refractivity contribution >= 4 is 39.2 Å². The Morgan fingerprint density at radius 2 is 2.10 bits per heavy atom. The smallest absolute Gasteiger partial charge is 0.264 e. The molecule has 0 radical (unpaired) electrons. The second-order valence-electron chi connectivity index (χ2n) is 4.54. The molecule has 0 saturated heterocycles. The maximum Gasteiger partial charge on any atom is 0.264 e. The Morgan fingerprint density at radius 3 is 2.76 bits per heavy atom. The zero-order chi connectivity index (χ0) is 15.4. The van der Waals surface area contributed by atoms with Crippen molar-refractivity contribution in [1.29, 1.82) is 0 Å². The third kappa shape index (κ3) is 3.27. The van der Waals surface area contributed by atoms with E-state index in [2.05, 4.69) is 20.6 Å². The first-order valence-corrected chi connectivity index (χ1v) is 7.43. The van der Waals surface area contributed by atoms with Gasteiger partial charge in [0.15, 0.2) is 0 Å². The quantitative estimate of drug-likeness (QED) is 0.761. The summed E-state index contributed by atoms with van der Waals surface area (Å²) in [5, 5.41) is 5.35. The summed E-state index contributed by atoms with van der Waals surface area (Å²) in [6.07, 6.45) is 3.90. The number of aromatic nitrogens is 2. The first-order valence-electron chi connectivity index (χ1n) is 6.62. The van der Waals surface area contributed by atoms with Crippen molar-refractivity contribution in [2.75, 3.05) is 12.3 Å². The average molecular weight is 307 g/mol. The number of anilines is 1. The summed E-state index contributed by atoms with van der Waals surface area (Å²) in [6, 6.07) is -0.630. The molecule has 8 heteroatoms. The Hall–Kier alpha value is -2.22. The molecule has 0 aliphatic rings. The molecule has 7 nitrogen and oxygen atoms in total. The van der Waals surface area contributed by atoms with Crippen LogP contribution in [0.2, 0.25) is 0 Å². The van der Waals surface area contributed by atoms with Gasteiger partial charge in [-0.2, -0.15) is 0 Å². The predicted octanol–water partition coefficient (Wildman–Crippen LogP) is 0.918. The molecule has 0 bridgehead atoms. The zero-order valence-corrected chi connectivity index (χ0v) is 12.7. The number of rotatable bonds is 5. The minimum Gasteiger partial charge on any atom is -0.396 e. The van der Waals surface area contributed by atoms with Crippen LogP contribution in [-0.2, 0) is 4.79 Å². The van der Waals surface area contributed by atoms with Crippen LogP contribution in [0, 0.1) is 0 Å². The number of nitrogens with two attached hydrogens (primary N) is 1. The standard InChI is InChI=1S/C13H17N5O2S/c1-3-4-16-11(19)7(2)18-12(20)10-8(14)9-13(21-10)17-6-5-15-9/h5-7H,3-4,14H2,1-2H3,(H,16,19)(H,18,20). The first kappa shape index (κ1) is 15.2. The van der Waals surface area contributed by atoms with Crippen LogP contribution in [0.25, 0.3) is 10.3 Å². The van der Waals surface area contributed by atoms with Gasteiger partial charge in [-0.25, -0.2) is 9.97 Å².